The van der Waals surface area contributed by atoms with Gasteiger partial charge in [0.05, 0.1) is 0 Å². The first-order valence-corrected chi connectivity index (χ1v) is 8.90. The molecule has 0 radical (unpaired) electrons. The lowest BCUT2D eigenvalue weighted by Crippen LogP contribution is -2.06. The van der Waals surface area contributed by atoms with Crippen molar-refractivity contribution in [3.63, 3.8) is 0 Å². The van der Waals surface area contributed by atoms with Crippen LogP contribution in [0.25, 0.3) is 11.4 Å². The molecule has 23 heavy (non-hydrogen) atoms. The molecule has 0 spiro atoms. The van der Waals surface area contributed by atoms with E-state index in [9.17, 15) is 4.79 Å². The lowest BCUT2D eigenvalue weighted by molar-refractivity contribution is -0.119. The number of Topliss-reactive ketones (excluding diaryl/α,β-unsaturated/α-hetero) is 1. The maximum Gasteiger partial charge on any atom is 0.140 e. The summed E-state index contributed by atoms with van der Waals surface area (Å²) in [5, 5.41) is 0. The van der Waals surface area contributed by atoms with E-state index in [4.69, 9.17) is 0 Å². The van der Waals surface area contributed by atoms with E-state index in [1.54, 1.807) is 0 Å². The van der Waals surface area contributed by atoms with Gasteiger partial charge in [-0.3, -0.25) is 4.79 Å². The monoisotopic (exact) mass is 310 g/mol. The highest BCUT2D eigenvalue weighted by Gasteiger charge is 2.28. The van der Waals surface area contributed by atoms with E-state index < -0.39 is 0 Å². The Labute approximate surface area is 138 Å². The van der Waals surface area contributed by atoms with Crippen LogP contribution in [0.15, 0.2) is 30.5 Å². The molecule has 0 atom stereocenters. The molecule has 0 unspecified atom stereocenters. The molecule has 3 rings (SSSR count). The molecule has 122 valence electrons. The Morgan fingerprint density at radius 2 is 1.91 bits per heavy atom. The minimum Gasteiger partial charge on any atom is -0.325 e. The van der Waals surface area contributed by atoms with Crippen molar-refractivity contribution in [3.05, 3.63) is 41.7 Å². The van der Waals surface area contributed by atoms with Crippen LogP contribution >= 0.6 is 0 Å². The van der Waals surface area contributed by atoms with Gasteiger partial charge in [-0.15, -0.1) is 0 Å². The first kappa shape index (κ1) is 16.0. The van der Waals surface area contributed by atoms with Crippen molar-refractivity contribution in [1.29, 1.82) is 0 Å². The number of hydrogen-bond donors (Lipinski definition) is 0. The number of aryl methyl sites for hydroxylation is 2. The number of ketones is 1. The molecule has 1 heterocycles. The Hall–Kier alpha value is -1.90. The molecule has 0 aliphatic heterocycles. The van der Waals surface area contributed by atoms with Crippen LogP contribution in [-0.4, -0.2) is 15.3 Å². The van der Waals surface area contributed by atoms with Gasteiger partial charge in [0.15, 0.2) is 0 Å². The second-order valence-corrected chi connectivity index (χ2v) is 6.51. The van der Waals surface area contributed by atoms with E-state index in [0.29, 0.717) is 24.7 Å². The summed E-state index contributed by atoms with van der Waals surface area (Å²) in [5.74, 6) is 1.43. The van der Waals surface area contributed by atoms with Crippen molar-refractivity contribution in [2.45, 2.75) is 64.8 Å². The van der Waals surface area contributed by atoms with Crippen molar-refractivity contribution in [2.75, 3.05) is 0 Å². The zero-order valence-corrected chi connectivity index (χ0v) is 14.2. The minimum absolute atomic E-state index is 0.366. The highest BCUT2D eigenvalue weighted by atomic mass is 16.1. The normalized spacial score (nSPS) is 14.2. The van der Waals surface area contributed by atoms with Crippen molar-refractivity contribution in [2.24, 2.45) is 0 Å². The van der Waals surface area contributed by atoms with Gasteiger partial charge in [0.2, 0.25) is 0 Å². The van der Waals surface area contributed by atoms with Gasteiger partial charge in [-0.1, -0.05) is 38.1 Å². The van der Waals surface area contributed by atoms with E-state index in [1.807, 2.05) is 6.20 Å². The molecule has 0 amide bonds. The first-order chi connectivity index (χ1) is 11.2. The van der Waals surface area contributed by atoms with Crippen LogP contribution < -0.4 is 0 Å². The van der Waals surface area contributed by atoms with Crippen molar-refractivity contribution in [3.8, 4) is 11.4 Å². The van der Waals surface area contributed by atoms with Gasteiger partial charge >= 0.3 is 0 Å². The molecule has 2 aromatic rings. The number of rotatable bonds is 8. The first-order valence-electron chi connectivity index (χ1n) is 8.90. The van der Waals surface area contributed by atoms with E-state index in [1.165, 1.54) is 29.7 Å². The number of imidazole rings is 1. The van der Waals surface area contributed by atoms with Crippen LogP contribution in [-0.2, 0) is 17.6 Å². The second-order valence-electron chi connectivity index (χ2n) is 6.51. The topological polar surface area (TPSA) is 34.9 Å². The molecule has 1 fully saturated rings. The summed E-state index contributed by atoms with van der Waals surface area (Å²) in [6, 6.07) is 9.30. The number of hydrogen-bond acceptors (Lipinski definition) is 2. The second kappa shape index (κ2) is 7.12. The predicted molar refractivity (Wildman–Crippen MR) is 93.5 cm³/mol. The summed E-state index contributed by atoms with van der Waals surface area (Å²) in [6.07, 6.45) is 8.58. The number of aromatic nitrogens is 2. The lowest BCUT2D eigenvalue weighted by Gasteiger charge is -2.11. The van der Waals surface area contributed by atoms with Crippen LogP contribution in [0.1, 0.15) is 63.3 Å². The van der Waals surface area contributed by atoms with Gasteiger partial charge in [-0.05, 0) is 37.7 Å². The maximum atomic E-state index is 11.8. The predicted octanol–water partition coefficient (Wildman–Crippen LogP) is 4.75. The fourth-order valence-corrected chi connectivity index (χ4v) is 3.10. The third kappa shape index (κ3) is 3.72. The molecule has 1 aromatic carbocycles. The fourth-order valence-electron chi connectivity index (χ4n) is 3.10. The Kier molecular flexibility index (Phi) is 4.94. The minimum atomic E-state index is 0.366. The third-order valence-electron chi connectivity index (χ3n) is 4.59. The van der Waals surface area contributed by atoms with Gasteiger partial charge < -0.3 is 4.57 Å². The van der Waals surface area contributed by atoms with Gasteiger partial charge in [0.1, 0.15) is 11.6 Å². The average Bonchev–Trinajstić information content (AvgIpc) is 3.33. The Balaban J connectivity index is 1.82. The van der Waals surface area contributed by atoms with Crippen LogP contribution in [0.2, 0.25) is 0 Å². The van der Waals surface area contributed by atoms with Crippen LogP contribution in [0.3, 0.4) is 0 Å². The zero-order valence-electron chi connectivity index (χ0n) is 14.2. The highest BCUT2D eigenvalue weighted by Crippen LogP contribution is 2.39. The molecular formula is C20H26N2O. The summed E-state index contributed by atoms with van der Waals surface area (Å²) in [7, 11) is 0. The van der Waals surface area contributed by atoms with Crippen LogP contribution in [0, 0.1) is 0 Å². The van der Waals surface area contributed by atoms with Gasteiger partial charge in [0, 0.05) is 36.3 Å². The average molecular weight is 310 g/mol. The van der Waals surface area contributed by atoms with Crippen molar-refractivity contribution in [1.82, 2.24) is 9.55 Å². The molecule has 3 heteroatoms. The quantitative estimate of drug-likeness (QED) is 0.705. The van der Waals surface area contributed by atoms with Crippen LogP contribution in [0.5, 0.6) is 0 Å². The van der Waals surface area contributed by atoms with Gasteiger partial charge in [-0.25, -0.2) is 4.98 Å². The Bertz CT molecular complexity index is 665. The standard InChI is InChI=1S/C20H26N2O/c1-3-5-19(23)13-12-18-14-21-20(22(18)17-10-11-17)16-8-6-15(4-2)7-9-16/h6-9,14,17H,3-5,10-13H2,1-2H3. The van der Waals surface area contributed by atoms with E-state index in [-0.39, 0.29) is 0 Å². The highest BCUT2D eigenvalue weighted by molar-refractivity contribution is 5.78. The fraction of sp³-hybridized carbons (Fsp3) is 0.500. The SMILES string of the molecule is CCCC(=O)CCc1cnc(-c2ccc(CC)cc2)n1C1CC1. The molecule has 1 aromatic heterocycles. The summed E-state index contributed by atoms with van der Waals surface area (Å²) in [6.45, 7) is 4.23. The molecule has 0 bridgehead atoms. The van der Waals surface area contributed by atoms with Gasteiger partial charge in [0.25, 0.3) is 0 Å². The maximum absolute atomic E-state index is 11.8. The Morgan fingerprint density at radius 3 is 2.52 bits per heavy atom. The molecule has 0 N–H and O–H groups in total. The Morgan fingerprint density at radius 1 is 1.17 bits per heavy atom. The molecule has 1 saturated carbocycles. The lowest BCUT2D eigenvalue weighted by atomic mass is 10.1. The molecule has 1 aliphatic rings. The van der Waals surface area contributed by atoms with Gasteiger partial charge in [-0.2, -0.15) is 0 Å². The number of carbonyl (C=O) groups is 1. The summed E-state index contributed by atoms with van der Waals surface area (Å²) in [5.41, 5.74) is 3.75. The molecular weight excluding hydrogens is 284 g/mol. The summed E-state index contributed by atoms with van der Waals surface area (Å²) < 4.78 is 2.38. The molecule has 1 aliphatic carbocycles. The van der Waals surface area contributed by atoms with Crippen molar-refractivity contribution < 1.29 is 4.79 Å². The number of nitrogens with zero attached hydrogens (tertiary/aromatic N) is 2. The summed E-state index contributed by atoms with van der Waals surface area (Å²) >= 11 is 0. The van der Waals surface area contributed by atoms with Crippen molar-refractivity contribution >= 4 is 5.78 Å². The largest absolute Gasteiger partial charge is 0.325 e. The summed E-state index contributed by atoms with van der Waals surface area (Å²) in [4.78, 5) is 16.5. The third-order valence-corrected chi connectivity index (χ3v) is 4.59. The van der Waals surface area contributed by atoms with E-state index in [0.717, 1.165) is 25.1 Å². The smallest absolute Gasteiger partial charge is 0.140 e. The zero-order chi connectivity index (χ0) is 16.2. The molecule has 0 saturated heterocycles. The molecule has 3 nitrogen and oxygen atoms in total. The number of benzene rings is 1. The number of carbonyl (C=O) groups excluding carboxylic acids is 1. The van der Waals surface area contributed by atoms with E-state index >= 15 is 0 Å². The van der Waals surface area contributed by atoms with Crippen LogP contribution in [0.4, 0.5) is 0 Å². The van der Waals surface area contributed by atoms with E-state index in [2.05, 4.69) is 47.7 Å².